The number of nitrogens with one attached hydrogen (secondary N) is 2. The predicted octanol–water partition coefficient (Wildman–Crippen LogP) is 10.1. The molecule has 70 heavy (non-hydrogen) atoms. The maximum absolute atomic E-state index is 14.4. The van der Waals surface area contributed by atoms with E-state index in [1.165, 1.54) is 48.7 Å². The Morgan fingerprint density at radius 1 is 0.986 bits per heavy atom. The number of aryl methyl sites for hydroxylation is 2. The summed E-state index contributed by atoms with van der Waals surface area (Å²) in [6.45, 7) is 21.5. The largest absolute Gasteiger partial charge is 0.508 e. The van der Waals surface area contributed by atoms with Crippen molar-refractivity contribution in [2.24, 2.45) is 17.9 Å². The highest BCUT2D eigenvalue weighted by Crippen LogP contribution is 2.53. The molecular formula is C53H67ClF2N12O2. The van der Waals surface area contributed by atoms with Gasteiger partial charge in [-0.3, -0.25) is 14.2 Å². The number of carbonyl (C=O) groups is 1. The van der Waals surface area contributed by atoms with E-state index in [0.717, 1.165) is 119 Å². The number of benzene rings is 2. The van der Waals surface area contributed by atoms with Crippen LogP contribution in [-0.2, 0) is 26.4 Å². The zero-order valence-electron chi connectivity index (χ0n) is 41.4. The Morgan fingerprint density at radius 3 is 2.31 bits per heavy atom. The van der Waals surface area contributed by atoms with Gasteiger partial charge >= 0.3 is 0 Å². The summed E-state index contributed by atoms with van der Waals surface area (Å²) in [4.78, 5) is 28.0. The number of nitrogens with zero attached hydrogens (tertiary/aromatic N) is 10. The number of piperidine rings is 2. The maximum atomic E-state index is 14.4. The van der Waals surface area contributed by atoms with Gasteiger partial charge in [0.05, 0.1) is 28.4 Å². The van der Waals surface area contributed by atoms with Crippen LogP contribution in [0.3, 0.4) is 0 Å². The number of hydrogen-bond donors (Lipinski definition) is 3. The van der Waals surface area contributed by atoms with Gasteiger partial charge in [0.1, 0.15) is 11.8 Å². The van der Waals surface area contributed by atoms with E-state index in [0.29, 0.717) is 22.7 Å². The lowest BCUT2D eigenvalue weighted by molar-refractivity contribution is -0.0366. The number of alkyl halides is 2. The van der Waals surface area contributed by atoms with Gasteiger partial charge < -0.3 is 30.4 Å². The molecule has 2 aromatic carbocycles. The first kappa shape index (κ1) is 50.3. The molecule has 0 radical (unpaired) electrons. The number of amides is 1. The molecule has 0 unspecified atom stereocenters. The Hall–Kier alpha value is -6.05. The van der Waals surface area contributed by atoms with Crippen molar-refractivity contribution in [3.63, 3.8) is 0 Å². The van der Waals surface area contributed by atoms with E-state index in [-0.39, 0.29) is 39.1 Å². The average molecular weight is 978 g/mol. The predicted molar refractivity (Wildman–Crippen MR) is 271 cm³/mol. The first-order valence-electron chi connectivity index (χ1n) is 24.6. The topological polar surface area (TPSA) is 156 Å². The van der Waals surface area contributed by atoms with E-state index >= 15 is 0 Å². The summed E-state index contributed by atoms with van der Waals surface area (Å²) in [5.41, 5.74) is 8.07. The quantitative estimate of drug-likeness (QED) is 0.136. The summed E-state index contributed by atoms with van der Waals surface area (Å²) in [6, 6.07) is 10.3. The third-order valence-corrected chi connectivity index (χ3v) is 14.8. The van der Waals surface area contributed by atoms with E-state index in [1.807, 2.05) is 26.1 Å². The van der Waals surface area contributed by atoms with Crippen LogP contribution in [0, 0.1) is 22.2 Å². The van der Waals surface area contributed by atoms with Crippen LogP contribution in [0.4, 0.5) is 26.2 Å². The van der Waals surface area contributed by atoms with Crippen molar-refractivity contribution >= 4 is 35.0 Å². The van der Waals surface area contributed by atoms with Gasteiger partial charge in [0, 0.05) is 105 Å². The lowest BCUT2D eigenvalue weighted by Gasteiger charge is -2.57. The van der Waals surface area contributed by atoms with Crippen molar-refractivity contribution in [1.82, 2.24) is 45.1 Å². The first-order chi connectivity index (χ1) is 33.4. The summed E-state index contributed by atoms with van der Waals surface area (Å²) in [5, 5.41) is 33.6. The number of anilines is 3. The Morgan fingerprint density at radius 2 is 1.70 bits per heavy atom. The summed E-state index contributed by atoms with van der Waals surface area (Å²) in [6.07, 6.45) is 13.8. The molecule has 1 aliphatic carbocycles. The van der Waals surface area contributed by atoms with Crippen LogP contribution in [0.1, 0.15) is 130 Å². The molecule has 4 aliphatic heterocycles. The van der Waals surface area contributed by atoms with Gasteiger partial charge in [-0.05, 0) is 124 Å². The van der Waals surface area contributed by atoms with Gasteiger partial charge in [0.25, 0.3) is 12.3 Å². The number of nitriles is 1. The molecule has 7 heterocycles. The average Bonchev–Trinajstić information content (AvgIpc) is 3.96. The monoisotopic (exact) mass is 977 g/mol. The number of hydrogen-bond acceptors (Lipinski definition) is 11. The van der Waals surface area contributed by atoms with Crippen molar-refractivity contribution in [2.45, 2.75) is 117 Å². The molecule has 3 fully saturated rings. The molecule has 14 nitrogen and oxygen atoms in total. The van der Waals surface area contributed by atoms with Gasteiger partial charge in [0.2, 0.25) is 5.95 Å². The first-order valence-corrected chi connectivity index (χ1v) is 25.0. The number of rotatable bonds is 8. The highest BCUT2D eigenvalue weighted by molar-refractivity contribution is 6.31. The second-order valence-electron chi connectivity index (χ2n) is 20.8. The molecule has 2 saturated heterocycles. The van der Waals surface area contributed by atoms with Crippen molar-refractivity contribution in [3.8, 4) is 22.9 Å². The molecule has 0 bridgehead atoms. The standard InChI is InChI=1S/C28H35F2N7.C18H28N4O.C7H4ClNO/c1-18(2)35-12-8-25-24(17-35)28(33-37(25)21-6-9-31-10-7-21)36-11-4-5-19-13-22(20-15-32-34(3)16-20)23(27(29)30)14-26(19)36;1-17(2)12-18(3,4)15(17)21-14(23)13-10-19-16(20-11-13)22-8-6-5-7-9-22;8-7-3-6(10)2-1-5(7)4-9/h13-16,21,27,31H,1,4-12,17H2,2-3H3;10-11,15H,5-9,12H2,1-4H3,(H,21,23);1-3,10H. The normalized spacial score (nSPS) is 18.6. The van der Waals surface area contributed by atoms with Crippen LogP contribution in [-0.4, -0.2) is 90.8 Å². The number of halogens is 3. The van der Waals surface area contributed by atoms with Gasteiger partial charge in [-0.1, -0.05) is 45.9 Å². The van der Waals surface area contributed by atoms with E-state index < -0.39 is 6.43 Å². The van der Waals surface area contributed by atoms with E-state index in [9.17, 15) is 13.6 Å². The number of phenols is 1. The van der Waals surface area contributed by atoms with E-state index in [4.69, 9.17) is 27.1 Å². The summed E-state index contributed by atoms with van der Waals surface area (Å²) < 4.78 is 32.7. The molecule has 1 amide bonds. The molecule has 17 heteroatoms. The number of fused-ring (bicyclic) bond motifs is 2. The number of carbonyl (C=O) groups excluding carboxylic acids is 1. The van der Waals surface area contributed by atoms with Gasteiger partial charge in [-0.15, -0.1) is 0 Å². The Labute approximate surface area is 415 Å². The van der Waals surface area contributed by atoms with Crippen molar-refractivity contribution in [2.75, 3.05) is 49.1 Å². The number of allylic oxidation sites excluding steroid dienone is 1. The molecule has 1 saturated carbocycles. The second kappa shape index (κ2) is 21.1. The molecule has 372 valence electrons. The molecule has 0 spiro atoms. The molecular weight excluding hydrogens is 910 g/mol. The SMILES string of the molecule is C=C(C)N1CCc2c(c(N3CCCc4cc(-c5cnn(C)c5)c(C(F)F)cc43)nn2C2CCNCC2)C1.CC1(C)CC(C)(C)C1NC(=O)c1cnc(N2CCCCC2)nc1.N#Cc1ccc(O)cc1Cl. The minimum Gasteiger partial charge on any atom is -0.508 e. The lowest BCUT2D eigenvalue weighted by atomic mass is 9.52. The van der Waals surface area contributed by atoms with Crippen molar-refractivity contribution in [3.05, 3.63) is 106 Å². The molecule has 10 rings (SSSR count). The third-order valence-electron chi connectivity index (χ3n) is 14.5. The third kappa shape index (κ3) is 11.0. The lowest BCUT2D eigenvalue weighted by Crippen LogP contribution is -2.63. The highest BCUT2D eigenvalue weighted by Gasteiger charge is 2.53. The zero-order chi connectivity index (χ0) is 49.9. The van der Waals surface area contributed by atoms with Crippen LogP contribution in [0.2, 0.25) is 5.02 Å². The number of phenolic OH excluding ortho intramolecular Hbond substituents is 1. The van der Waals surface area contributed by atoms with Gasteiger partial charge in [-0.2, -0.15) is 15.5 Å². The van der Waals surface area contributed by atoms with Gasteiger partial charge in [0.15, 0.2) is 5.82 Å². The minimum absolute atomic E-state index is 0.0499. The van der Waals surface area contributed by atoms with Crippen molar-refractivity contribution < 1.29 is 18.7 Å². The fraction of sp³-hybridized carbons (Fsp3) is 0.509. The van der Waals surface area contributed by atoms with Crippen LogP contribution in [0.25, 0.3) is 11.1 Å². The second-order valence-corrected chi connectivity index (χ2v) is 21.2. The summed E-state index contributed by atoms with van der Waals surface area (Å²) >= 11 is 5.55. The molecule has 3 N–H and O–H groups in total. The Balaban J connectivity index is 0.000000169. The molecule has 3 aromatic heterocycles. The summed E-state index contributed by atoms with van der Waals surface area (Å²) in [5.74, 6) is 1.67. The zero-order valence-corrected chi connectivity index (χ0v) is 42.2. The maximum Gasteiger partial charge on any atom is 0.264 e. The fourth-order valence-corrected chi connectivity index (χ4v) is 11.6. The minimum atomic E-state index is -2.58. The Bertz CT molecular complexity index is 2700. The Kier molecular flexibility index (Phi) is 15.2. The molecule has 5 aromatic rings. The van der Waals surface area contributed by atoms with Gasteiger partial charge in [-0.25, -0.2) is 18.7 Å². The number of aromatic nitrogens is 6. The summed E-state index contributed by atoms with van der Waals surface area (Å²) in [7, 11) is 1.81. The van der Waals surface area contributed by atoms with E-state index in [1.54, 1.807) is 35.5 Å². The smallest absolute Gasteiger partial charge is 0.264 e. The molecule has 0 atom stereocenters. The number of aromatic hydroxyl groups is 1. The van der Waals surface area contributed by atoms with Crippen molar-refractivity contribution in [1.29, 1.82) is 5.26 Å². The molecule has 5 aliphatic rings. The highest BCUT2D eigenvalue weighted by atomic mass is 35.5. The van der Waals surface area contributed by atoms with Crippen LogP contribution in [0.5, 0.6) is 5.75 Å². The van der Waals surface area contributed by atoms with E-state index in [2.05, 4.69) is 79.4 Å². The van der Waals surface area contributed by atoms with Crippen LogP contribution >= 0.6 is 11.6 Å². The van der Waals surface area contributed by atoms with Crippen LogP contribution in [0.15, 0.2) is 67.4 Å². The fourth-order valence-electron chi connectivity index (χ4n) is 11.4. The van der Waals surface area contributed by atoms with Crippen LogP contribution < -0.4 is 20.4 Å².